The summed E-state index contributed by atoms with van der Waals surface area (Å²) in [7, 11) is 0. The number of hydrogen-bond acceptors (Lipinski definition) is 5. The van der Waals surface area contributed by atoms with E-state index in [9.17, 15) is 0 Å². The van der Waals surface area contributed by atoms with E-state index in [0.717, 1.165) is 39.1 Å². The van der Waals surface area contributed by atoms with Crippen LogP contribution in [-0.2, 0) is 14.2 Å². The molecule has 0 spiro atoms. The Labute approximate surface area is 103 Å². The van der Waals surface area contributed by atoms with Crippen LogP contribution in [0.15, 0.2) is 12.3 Å². The molecule has 1 N–H and O–H groups in total. The van der Waals surface area contributed by atoms with Gasteiger partial charge in [0.2, 0.25) is 0 Å². The average Bonchev–Trinajstić information content (AvgIpc) is 2.88. The number of hydrazine groups is 1. The van der Waals surface area contributed by atoms with Crippen molar-refractivity contribution in [1.29, 1.82) is 0 Å². The second-order valence-electron chi connectivity index (χ2n) is 4.26. The number of nitrogens with zero attached hydrogens (tertiary/aromatic N) is 1. The third-order valence-electron chi connectivity index (χ3n) is 2.88. The molecule has 1 fully saturated rings. The molecule has 0 radical (unpaired) electrons. The molecule has 0 saturated carbocycles. The van der Waals surface area contributed by atoms with Gasteiger partial charge in [0, 0.05) is 25.9 Å². The van der Waals surface area contributed by atoms with Gasteiger partial charge in [-0.3, -0.25) is 0 Å². The van der Waals surface area contributed by atoms with Crippen LogP contribution in [-0.4, -0.2) is 50.8 Å². The fraction of sp³-hybridized carbons (Fsp3) is 0.833. The Kier molecular flexibility index (Phi) is 5.78. The van der Waals surface area contributed by atoms with E-state index >= 15 is 0 Å². The van der Waals surface area contributed by atoms with E-state index in [4.69, 9.17) is 14.2 Å². The zero-order chi connectivity index (χ0) is 11.8. The van der Waals surface area contributed by atoms with Crippen LogP contribution in [0.2, 0.25) is 0 Å². The molecule has 1 atom stereocenters. The van der Waals surface area contributed by atoms with Crippen molar-refractivity contribution in [2.75, 3.05) is 39.5 Å². The standard InChI is InChI=1S/C12H22N2O3/c1-2-8-16-12(4-1)17-11-10-15-9-7-14-6-3-5-13-14/h3,5,12-13H,1-2,4,6-11H2. The molecule has 0 amide bonds. The minimum Gasteiger partial charge on any atom is -0.378 e. The fourth-order valence-electron chi connectivity index (χ4n) is 1.90. The molecule has 17 heavy (non-hydrogen) atoms. The molecule has 1 unspecified atom stereocenters. The Morgan fingerprint density at radius 2 is 2.29 bits per heavy atom. The van der Waals surface area contributed by atoms with E-state index in [1.807, 2.05) is 6.20 Å². The number of hydrogen-bond donors (Lipinski definition) is 1. The molecule has 2 rings (SSSR count). The van der Waals surface area contributed by atoms with Crippen molar-refractivity contribution in [2.24, 2.45) is 0 Å². The highest BCUT2D eigenvalue weighted by Crippen LogP contribution is 2.13. The molecule has 2 heterocycles. The van der Waals surface area contributed by atoms with Gasteiger partial charge in [0.25, 0.3) is 0 Å². The first-order valence-electron chi connectivity index (χ1n) is 6.42. The Balaban J connectivity index is 1.38. The number of nitrogens with one attached hydrogen (secondary N) is 1. The van der Waals surface area contributed by atoms with Crippen LogP contribution in [0.1, 0.15) is 19.3 Å². The van der Waals surface area contributed by atoms with Crippen molar-refractivity contribution in [1.82, 2.24) is 10.4 Å². The summed E-state index contributed by atoms with van der Waals surface area (Å²) in [5, 5.41) is 2.10. The summed E-state index contributed by atoms with van der Waals surface area (Å²) in [5.74, 6) is 0. The minimum atomic E-state index is -0.00296. The summed E-state index contributed by atoms with van der Waals surface area (Å²) in [6.07, 6.45) is 7.42. The second-order valence-corrected chi connectivity index (χ2v) is 4.26. The van der Waals surface area contributed by atoms with E-state index in [2.05, 4.69) is 16.5 Å². The van der Waals surface area contributed by atoms with Gasteiger partial charge in [-0.15, -0.1) is 0 Å². The predicted molar refractivity (Wildman–Crippen MR) is 64.2 cm³/mol. The summed E-state index contributed by atoms with van der Waals surface area (Å²) < 4.78 is 16.5. The van der Waals surface area contributed by atoms with Crippen molar-refractivity contribution in [3.8, 4) is 0 Å². The normalized spacial score (nSPS) is 25.1. The zero-order valence-corrected chi connectivity index (χ0v) is 10.3. The molecule has 5 heteroatoms. The molecule has 0 aromatic heterocycles. The van der Waals surface area contributed by atoms with Crippen molar-refractivity contribution < 1.29 is 14.2 Å². The molecule has 5 nitrogen and oxygen atoms in total. The summed E-state index contributed by atoms with van der Waals surface area (Å²) in [4.78, 5) is 0. The first-order chi connectivity index (χ1) is 8.45. The van der Waals surface area contributed by atoms with Gasteiger partial charge in [0.05, 0.1) is 19.8 Å². The lowest BCUT2D eigenvalue weighted by Crippen LogP contribution is -2.33. The van der Waals surface area contributed by atoms with Crippen LogP contribution >= 0.6 is 0 Å². The van der Waals surface area contributed by atoms with Crippen LogP contribution in [0.25, 0.3) is 0 Å². The van der Waals surface area contributed by atoms with E-state index in [0.29, 0.717) is 13.2 Å². The summed E-state index contributed by atoms with van der Waals surface area (Å²) in [6.45, 7) is 4.67. The Hall–Kier alpha value is -0.620. The Morgan fingerprint density at radius 3 is 3.06 bits per heavy atom. The largest absolute Gasteiger partial charge is 0.378 e. The zero-order valence-electron chi connectivity index (χ0n) is 10.3. The first-order valence-corrected chi connectivity index (χ1v) is 6.42. The van der Waals surface area contributed by atoms with E-state index in [1.165, 1.54) is 6.42 Å². The summed E-state index contributed by atoms with van der Waals surface area (Å²) >= 11 is 0. The van der Waals surface area contributed by atoms with Crippen LogP contribution in [0.3, 0.4) is 0 Å². The molecule has 0 bridgehead atoms. The second kappa shape index (κ2) is 7.66. The van der Waals surface area contributed by atoms with Crippen molar-refractivity contribution in [3.63, 3.8) is 0 Å². The summed E-state index contributed by atoms with van der Waals surface area (Å²) in [5.41, 5.74) is 3.12. The first kappa shape index (κ1) is 12.8. The molecule has 2 aliphatic rings. The van der Waals surface area contributed by atoms with Crippen molar-refractivity contribution in [2.45, 2.75) is 25.6 Å². The van der Waals surface area contributed by atoms with Crippen molar-refractivity contribution >= 4 is 0 Å². The Morgan fingerprint density at radius 1 is 1.29 bits per heavy atom. The molecule has 1 saturated heterocycles. The molecule has 0 aromatic rings. The van der Waals surface area contributed by atoms with Gasteiger partial charge in [-0.05, 0) is 19.3 Å². The lowest BCUT2D eigenvalue weighted by atomic mass is 10.2. The van der Waals surface area contributed by atoms with Crippen molar-refractivity contribution in [3.05, 3.63) is 12.3 Å². The number of ether oxygens (including phenoxy) is 3. The van der Waals surface area contributed by atoms with E-state index in [-0.39, 0.29) is 6.29 Å². The number of rotatable bonds is 7. The Bertz CT molecular complexity index is 222. The fourth-order valence-corrected chi connectivity index (χ4v) is 1.90. The maximum absolute atomic E-state index is 5.57. The molecular formula is C12H22N2O3. The highest BCUT2D eigenvalue weighted by molar-refractivity contribution is 4.88. The van der Waals surface area contributed by atoms with E-state index < -0.39 is 0 Å². The van der Waals surface area contributed by atoms with Gasteiger partial charge in [0.1, 0.15) is 0 Å². The van der Waals surface area contributed by atoms with Gasteiger partial charge >= 0.3 is 0 Å². The molecule has 0 aliphatic carbocycles. The van der Waals surface area contributed by atoms with Gasteiger partial charge in [-0.25, -0.2) is 5.01 Å². The van der Waals surface area contributed by atoms with Crippen LogP contribution < -0.4 is 5.43 Å². The van der Waals surface area contributed by atoms with Crippen LogP contribution in [0, 0.1) is 0 Å². The lowest BCUT2D eigenvalue weighted by molar-refractivity contribution is -0.169. The maximum Gasteiger partial charge on any atom is 0.157 e. The third-order valence-corrected chi connectivity index (χ3v) is 2.88. The molecule has 2 aliphatic heterocycles. The van der Waals surface area contributed by atoms with Gasteiger partial charge < -0.3 is 19.6 Å². The third kappa shape index (κ3) is 5.04. The topological polar surface area (TPSA) is 43.0 Å². The predicted octanol–water partition coefficient (Wildman–Crippen LogP) is 0.880. The van der Waals surface area contributed by atoms with Crippen LogP contribution in [0.5, 0.6) is 0 Å². The van der Waals surface area contributed by atoms with Crippen LogP contribution in [0.4, 0.5) is 0 Å². The monoisotopic (exact) mass is 242 g/mol. The highest BCUT2D eigenvalue weighted by Gasteiger charge is 2.13. The van der Waals surface area contributed by atoms with Gasteiger partial charge in [-0.2, -0.15) is 0 Å². The van der Waals surface area contributed by atoms with E-state index in [1.54, 1.807) is 0 Å². The smallest absolute Gasteiger partial charge is 0.157 e. The minimum absolute atomic E-state index is 0.00296. The van der Waals surface area contributed by atoms with Gasteiger partial charge in [-0.1, -0.05) is 6.08 Å². The SMILES string of the molecule is C1=CNN(CCOCCOC2CCCCO2)C1. The maximum atomic E-state index is 5.57. The highest BCUT2D eigenvalue weighted by atomic mass is 16.7. The average molecular weight is 242 g/mol. The molecule has 98 valence electrons. The lowest BCUT2D eigenvalue weighted by Gasteiger charge is -2.22. The molecule has 0 aromatic carbocycles. The van der Waals surface area contributed by atoms with Gasteiger partial charge in [0.15, 0.2) is 6.29 Å². The summed E-state index contributed by atoms with van der Waals surface area (Å²) in [6, 6.07) is 0. The quantitative estimate of drug-likeness (QED) is 0.671. The molecular weight excluding hydrogens is 220 g/mol.